The van der Waals surface area contributed by atoms with Gasteiger partial charge in [0.25, 0.3) is 0 Å². The molecule has 0 aliphatic rings. The van der Waals surface area contributed by atoms with Gasteiger partial charge in [0, 0.05) is 13.0 Å². The van der Waals surface area contributed by atoms with Crippen LogP contribution >= 0.6 is 0 Å². The monoisotopic (exact) mass is 274 g/mol. The summed E-state index contributed by atoms with van der Waals surface area (Å²) in [7, 11) is -3.25. The van der Waals surface area contributed by atoms with Crippen molar-refractivity contribution in [3.8, 4) is 6.07 Å². The van der Waals surface area contributed by atoms with Gasteiger partial charge in [-0.25, -0.2) is 13.1 Å². The summed E-state index contributed by atoms with van der Waals surface area (Å²) in [5, 5.41) is 8.14. The van der Waals surface area contributed by atoms with E-state index in [1.54, 1.807) is 0 Å². The molecule has 1 N–H and O–H groups in total. The standard InChI is InChI=1S/C13H26N2O2S/c1-3-5-7-10-13(9-6-4-2)18(16,17)15-12-8-11-14/h13,15H,3-10,12H2,1-2H3. The van der Waals surface area contributed by atoms with E-state index in [2.05, 4.69) is 18.6 Å². The van der Waals surface area contributed by atoms with Crippen molar-refractivity contribution >= 4 is 10.0 Å². The van der Waals surface area contributed by atoms with Gasteiger partial charge in [-0.15, -0.1) is 0 Å². The van der Waals surface area contributed by atoms with Gasteiger partial charge in [0.1, 0.15) is 0 Å². The summed E-state index contributed by atoms with van der Waals surface area (Å²) in [4.78, 5) is 0. The number of unbranched alkanes of at least 4 members (excludes halogenated alkanes) is 3. The summed E-state index contributed by atoms with van der Waals surface area (Å²) in [6.45, 7) is 4.41. The fourth-order valence-corrected chi connectivity index (χ4v) is 3.45. The first-order valence-electron chi connectivity index (χ1n) is 6.93. The molecule has 0 saturated carbocycles. The van der Waals surface area contributed by atoms with Crippen molar-refractivity contribution in [2.45, 2.75) is 70.5 Å². The molecule has 5 heteroatoms. The predicted molar refractivity (Wildman–Crippen MR) is 74.6 cm³/mol. The van der Waals surface area contributed by atoms with Gasteiger partial charge in [0.15, 0.2) is 0 Å². The number of nitrogens with one attached hydrogen (secondary N) is 1. The lowest BCUT2D eigenvalue weighted by Gasteiger charge is -2.17. The highest BCUT2D eigenvalue weighted by molar-refractivity contribution is 7.90. The second-order valence-corrected chi connectivity index (χ2v) is 6.65. The summed E-state index contributed by atoms with van der Waals surface area (Å²) in [6.07, 6.45) is 6.78. The van der Waals surface area contributed by atoms with Gasteiger partial charge in [-0.1, -0.05) is 46.0 Å². The third kappa shape index (κ3) is 7.67. The molecule has 0 aliphatic carbocycles. The summed E-state index contributed by atoms with van der Waals surface area (Å²) >= 11 is 0. The van der Waals surface area contributed by atoms with Crippen LogP contribution in [0.3, 0.4) is 0 Å². The molecular formula is C13H26N2O2S. The van der Waals surface area contributed by atoms with Crippen LogP contribution in [0.1, 0.15) is 65.2 Å². The number of rotatable bonds is 11. The Hall–Kier alpha value is -0.600. The first kappa shape index (κ1) is 17.4. The molecule has 0 fully saturated rings. The molecule has 0 radical (unpaired) electrons. The Morgan fingerprint density at radius 2 is 1.72 bits per heavy atom. The van der Waals surface area contributed by atoms with Crippen molar-refractivity contribution in [3.63, 3.8) is 0 Å². The molecule has 18 heavy (non-hydrogen) atoms. The van der Waals surface area contributed by atoms with Crippen LogP contribution in [-0.4, -0.2) is 20.2 Å². The molecule has 0 rings (SSSR count). The Balaban J connectivity index is 4.36. The average molecular weight is 274 g/mol. The molecule has 0 saturated heterocycles. The molecule has 1 atom stereocenters. The van der Waals surface area contributed by atoms with Gasteiger partial charge in [-0.3, -0.25) is 0 Å². The fraction of sp³-hybridized carbons (Fsp3) is 0.923. The van der Waals surface area contributed by atoms with Crippen molar-refractivity contribution in [1.82, 2.24) is 4.72 Å². The van der Waals surface area contributed by atoms with Crippen molar-refractivity contribution in [2.75, 3.05) is 6.54 Å². The molecule has 0 bridgehead atoms. The van der Waals surface area contributed by atoms with Gasteiger partial charge in [-0.05, 0) is 12.8 Å². The van der Waals surface area contributed by atoms with Gasteiger partial charge >= 0.3 is 0 Å². The minimum atomic E-state index is -3.25. The minimum absolute atomic E-state index is 0.231. The molecule has 1 unspecified atom stereocenters. The number of nitriles is 1. The first-order chi connectivity index (χ1) is 8.58. The Kier molecular flexibility index (Phi) is 9.99. The zero-order valence-electron chi connectivity index (χ0n) is 11.6. The zero-order valence-corrected chi connectivity index (χ0v) is 12.4. The lowest BCUT2D eigenvalue weighted by Crippen LogP contribution is -2.35. The smallest absolute Gasteiger partial charge is 0.214 e. The summed E-state index contributed by atoms with van der Waals surface area (Å²) in [5.74, 6) is 0. The van der Waals surface area contributed by atoms with Crippen LogP contribution in [0.15, 0.2) is 0 Å². The molecule has 0 aliphatic heterocycles. The van der Waals surface area contributed by atoms with E-state index in [1.165, 1.54) is 0 Å². The molecule has 4 nitrogen and oxygen atoms in total. The molecule has 0 spiro atoms. The van der Waals surface area contributed by atoms with Crippen LogP contribution in [0.5, 0.6) is 0 Å². The summed E-state index contributed by atoms with van der Waals surface area (Å²) in [5.41, 5.74) is 0. The highest BCUT2D eigenvalue weighted by atomic mass is 32.2. The van der Waals surface area contributed by atoms with E-state index in [0.717, 1.165) is 44.9 Å². The van der Waals surface area contributed by atoms with Crippen LogP contribution in [0, 0.1) is 11.3 Å². The van der Waals surface area contributed by atoms with Gasteiger partial charge in [-0.2, -0.15) is 5.26 Å². The van der Waals surface area contributed by atoms with E-state index in [1.807, 2.05) is 6.07 Å². The van der Waals surface area contributed by atoms with Crippen LogP contribution in [0.2, 0.25) is 0 Å². The topological polar surface area (TPSA) is 70.0 Å². The normalized spacial score (nSPS) is 13.2. The Morgan fingerprint density at radius 3 is 2.28 bits per heavy atom. The number of nitrogens with zero attached hydrogens (tertiary/aromatic N) is 1. The lowest BCUT2D eigenvalue weighted by molar-refractivity contribution is 0.525. The van der Waals surface area contributed by atoms with Crippen LogP contribution in [-0.2, 0) is 10.0 Å². The molecule has 0 amide bonds. The molecule has 0 aromatic carbocycles. The first-order valence-corrected chi connectivity index (χ1v) is 8.48. The predicted octanol–water partition coefficient (Wildman–Crippen LogP) is 2.96. The maximum atomic E-state index is 12.1. The van der Waals surface area contributed by atoms with E-state index in [-0.39, 0.29) is 18.2 Å². The second-order valence-electron chi connectivity index (χ2n) is 4.61. The Labute approximate surface area is 112 Å². The highest BCUT2D eigenvalue weighted by Gasteiger charge is 2.23. The van der Waals surface area contributed by atoms with Crippen LogP contribution in [0.25, 0.3) is 0 Å². The van der Waals surface area contributed by atoms with E-state index < -0.39 is 10.0 Å². The van der Waals surface area contributed by atoms with Crippen LogP contribution < -0.4 is 4.72 Å². The van der Waals surface area contributed by atoms with E-state index >= 15 is 0 Å². The maximum Gasteiger partial charge on any atom is 0.214 e. The van der Waals surface area contributed by atoms with Crippen molar-refractivity contribution in [3.05, 3.63) is 0 Å². The van der Waals surface area contributed by atoms with Crippen LogP contribution in [0.4, 0.5) is 0 Å². The third-order valence-corrected chi connectivity index (χ3v) is 4.94. The second kappa shape index (κ2) is 10.3. The number of hydrogen-bond donors (Lipinski definition) is 1. The fourth-order valence-electron chi connectivity index (χ4n) is 1.88. The lowest BCUT2D eigenvalue weighted by atomic mass is 10.1. The Bertz CT molecular complexity index is 333. The minimum Gasteiger partial charge on any atom is -0.214 e. The SMILES string of the molecule is CCCCCC(CCCC)S(=O)(=O)NCCC#N. The molecular weight excluding hydrogens is 248 g/mol. The molecule has 0 heterocycles. The summed E-state index contributed by atoms with van der Waals surface area (Å²) in [6, 6.07) is 1.95. The van der Waals surface area contributed by atoms with Gasteiger partial charge < -0.3 is 0 Å². The van der Waals surface area contributed by atoms with Gasteiger partial charge in [0.05, 0.1) is 11.3 Å². The quantitative estimate of drug-likeness (QED) is 0.589. The third-order valence-electron chi connectivity index (χ3n) is 2.99. The largest absolute Gasteiger partial charge is 0.214 e. The maximum absolute atomic E-state index is 12.1. The van der Waals surface area contributed by atoms with E-state index in [9.17, 15) is 8.42 Å². The number of sulfonamides is 1. The Morgan fingerprint density at radius 1 is 1.11 bits per heavy atom. The number of hydrogen-bond acceptors (Lipinski definition) is 3. The summed E-state index contributed by atoms with van der Waals surface area (Å²) < 4.78 is 26.7. The molecule has 0 aromatic rings. The van der Waals surface area contributed by atoms with Crippen molar-refractivity contribution < 1.29 is 8.42 Å². The molecule has 0 aromatic heterocycles. The zero-order chi connectivity index (χ0) is 13.9. The molecule has 106 valence electrons. The van der Waals surface area contributed by atoms with E-state index in [4.69, 9.17) is 5.26 Å². The van der Waals surface area contributed by atoms with Gasteiger partial charge in [0.2, 0.25) is 10.0 Å². The van der Waals surface area contributed by atoms with Crippen molar-refractivity contribution in [2.24, 2.45) is 0 Å². The highest BCUT2D eigenvalue weighted by Crippen LogP contribution is 2.16. The van der Waals surface area contributed by atoms with E-state index in [0.29, 0.717) is 0 Å². The average Bonchev–Trinajstić information content (AvgIpc) is 2.33. The van der Waals surface area contributed by atoms with Crippen molar-refractivity contribution in [1.29, 1.82) is 5.26 Å².